The van der Waals surface area contributed by atoms with E-state index in [1.54, 1.807) is 0 Å². The van der Waals surface area contributed by atoms with Gasteiger partial charge in [-0.05, 0) is 70.2 Å². The number of allylic oxidation sites excluding steroid dienone is 4. The summed E-state index contributed by atoms with van der Waals surface area (Å²) in [6.45, 7) is 0. The van der Waals surface area contributed by atoms with Gasteiger partial charge in [0.2, 0.25) is 0 Å². The quantitative estimate of drug-likeness (QED) is 0.161. The van der Waals surface area contributed by atoms with Crippen molar-refractivity contribution in [3.63, 3.8) is 0 Å². The smallest absolute Gasteiger partial charge is 0.169 e. The van der Waals surface area contributed by atoms with Crippen LogP contribution in [0.5, 0.6) is 0 Å². The first kappa shape index (κ1) is 36.3. The molecule has 2 N–H and O–H groups in total. The number of nitrogens with zero attached hydrogens (tertiary/aromatic N) is 3. The van der Waals surface area contributed by atoms with E-state index in [9.17, 15) is 0 Å². The van der Waals surface area contributed by atoms with Crippen molar-refractivity contribution in [2.45, 2.75) is 24.7 Å². The van der Waals surface area contributed by atoms with E-state index in [4.69, 9.17) is 19.4 Å². The Balaban J connectivity index is 0.902. The van der Waals surface area contributed by atoms with Gasteiger partial charge in [-0.3, -0.25) is 4.99 Å². The molecule has 0 amide bonds. The van der Waals surface area contributed by atoms with E-state index in [1.807, 2.05) is 54.6 Å². The third-order valence-corrected chi connectivity index (χ3v) is 11.7. The van der Waals surface area contributed by atoms with Crippen LogP contribution in [0.15, 0.2) is 237 Å². The van der Waals surface area contributed by atoms with Crippen LogP contribution in [0.25, 0.3) is 33.1 Å². The number of furan rings is 1. The van der Waals surface area contributed by atoms with Crippen molar-refractivity contribution in [2.24, 2.45) is 15.0 Å². The Bertz CT molecular complexity index is 3120. The number of hydrogen-bond acceptors (Lipinski definition) is 6. The number of nitrogens with one attached hydrogen (secondary N) is 2. The molecule has 8 aromatic rings. The van der Waals surface area contributed by atoms with E-state index in [-0.39, 0.29) is 18.2 Å². The molecule has 2 aliphatic heterocycles. The second kappa shape index (κ2) is 15.7. The number of benzene rings is 7. The Labute approximate surface area is 354 Å². The fraction of sp³-hybridized carbons (Fsp3) is 0.0727. The number of amidine groups is 2. The number of aliphatic imine (C=N–C) groups is 3. The molecule has 3 aliphatic rings. The first-order valence-corrected chi connectivity index (χ1v) is 20.8. The zero-order valence-electron chi connectivity index (χ0n) is 33.3. The monoisotopic (exact) mass is 787 g/mol. The number of fused-ring (bicyclic) bond motifs is 3. The molecule has 0 saturated heterocycles. The molecule has 7 aromatic carbocycles. The van der Waals surface area contributed by atoms with Crippen molar-refractivity contribution in [1.29, 1.82) is 0 Å². The second-order valence-corrected chi connectivity index (χ2v) is 15.6. The van der Waals surface area contributed by atoms with Crippen molar-refractivity contribution < 1.29 is 4.42 Å². The Kier molecular flexibility index (Phi) is 9.36. The van der Waals surface area contributed by atoms with Gasteiger partial charge in [-0.2, -0.15) is 0 Å². The molecule has 0 radical (unpaired) electrons. The summed E-state index contributed by atoms with van der Waals surface area (Å²) in [6, 6.07) is 63.2. The largest absolute Gasteiger partial charge is 0.456 e. The van der Waals surface area contributed by atoms with E-state index in [1.165, 1.54) is 5.56 Å². The Morgan fingerprint density at radius 2 is 1.13 bits per heavy atom. The summed E-state index contributed by atoms with van der Waals surface area (Å²) in [7, 11) is 0. The van der Waals surface area contributed by atoms with Gasteiger partial charge in [0.25, 0.3) is 0 Å². The zero-order valence-corrected chi connectivity index (χ0v) is 33.3. The normalized spacial score (nSPS) is 18.6. The third kappa shape index (κ3) is 7.29. The van der Waals surface area contributed by atoms with Gasteiger partial charge < -0.3 is 15.1 Å². The molecule has 3 unspecified atom stereocenters. The summed E-state index contributed by atoms with van der Waals surface area (Å²) in [5.74, 6) is 1.80. The summed E-state index contributed by atoms with van der Waals surface area (Å²) in [5, 5.41) is 9.57. The van der Waals surface area contributed by atoms with Gasteiger partial charge in [0.15, 0.2) is 6.17 Å². The first-order chi connectivity index (χ1) is 30.2. The highest BCUT2D eigenvalue weighted by atomic mass is 16.3. The van der Waals surface area contributed by atoms with E-state index in [0.29, 0.717) is 0 Å². The molecule has 0 bridgehead atoms. The van der Waals surface area contributed by atoms with Crippen LogP contribution < -0.4 is 10.6 Å². The molecule has 3 heterocycles. The van der Waals surface area contributed by atoms with Gasteiger partial charge in [0.1, 0.15) is 29.0 Å². The van der Waals surface area contributed by atoms with Crippen molar-refractivity contribution >= 4 is 39.3 Å². The summed E-state index contributed by atoms with van der Waals surface area (Å²) < 4.78 is 6.29. The topological polar surface area (TPSA) is 74.3 Å². The molecule has 6 heteroatoms. The van der Waals surface area contributed by atoms with E-state index in [0.717, 1.165) is 96.0 Å². The minimum absolute atomic E-state index is 0.191. The lowest BCUT2D eigenvalue weighted by Gasteiger charge is -2.27. The summed E-state index contributed by atoms with van der Waals surface area (Å²) in [5.41, 5.74) is 13.6. The number of para-hydroxylation sites is 1. The Morgan fingerprint density at radius 3 is 1.95 bits per heavy atom. The van der Waals surface area contributed by atoms with Gasteiger partial charge >= 0.3 is 0 Å². The van der Waals surface area contributed by atoms with Gasteiger partial charge in [-0.25, -0.2) is 9.98 Å². The SMILES string of the molecule is C1=CC(C2=CC(c3ccc4c(c3)oc3ccccc34)=NC(c3ccccc3)N2)=CC(c2cccc(-c3cccc(C4=NC(c5ccccc5)N=C(c5ccccc5)N4)c3)c2)C1. The number of hydrogen-bond donors (Lipinski definition) is 2. The van der Waals surface area contributed by atoms with Crippen LogP contribution in [0.2, 0.25) is 0 Å². The van der Waals surface area contributed by atoms with Gasteiger partial charge in [-0.15, -0.1) is 0 Å². The first-order valence-electron chi connectivity index (χ1n) is 20.8. The van der Waals surface area contributed by atoms with Crippen LogP contribution in [-0.2, 0) is 0 Å². The lowest BCUT2D eigenvalue weighted by Crippen LogP contribution is -2.36. The highest BCUT2D eigenvalue weighted by Gasteiger charge is 2.24. The third-order valence-electron chi connectivity index (χ3n) is 11.7. The summed E-state index contributed by atoms with van der Waals surface area (Å²) in [6.07, 6.45) is 9.44. The molecule has 6 nitrogen and oxygen atoms in total. The Hall–Kier alpha value is -7.83. The van der Waals surface area contributed by atoms with Crippen LogP contribution in [0.3, 0.4) is 0 Å². The standard InChI is InChI=1S/C55H41N5O/c1-4-15-36(16-5-1)52-56-48(35-49(57-52)44-29-30-47-46-27-10-11-28-50(46)61-51(47)34-44)43-25-13-23-41(32-43)39-21-12-22-40(31-39)42-24-14-26-45(33-42)55-59-53(37-17-6-2-7-18-37)58-54(60-55)38-19-8-3-9-20-38/h1-22,24-35,41,52-53,56H,23H2,(H,58,59,60). The molecular formula is C55H41N5O. The molecule has 1 aromatic heterocycles. The summed E-state index contributed by atoms with van der Waals surface area (Å²) >= 11 is 0. The highest BCUT2D eigenvalue weighted by Crippen LogP contribution is 2.36. The average molecular weight is 788 g/mol. The maximum Gasteiger partial charge on any atom is 0.169 e. The molecule has 11 rings (SSSR count). The van der Waals surface area contributed by atoms with Crippen LogP contribution in [0, 0.1) is 0 Å². The summed E-state index contributed by atoms with van der Waals surface area (Å²) in [4.78, 5) is 15.4. The van der Waals surface area contributed by atoms with Crippen molar-refractivity contribution in [3.8, 4) is 11.1 Å². The molecule has 0 spiro atoms. The average Bonchev–Trinajstić information content (AvgIpc) is 3.73. The highest BCUT2D eigenvalue weighted by molar-refractivity contribution is 6.16. The van der Waals surface area contributed by atoms with E-state index < -0.39 is 0 Å². The van der Waals surface area contributed by atoms with Crippen molar-refractivity contribution in [2.75, 3.05) is 0 Å². The number of rotatable bonds is 8. The van der Waals surface area contributed by atoms with E-state index in [2.05, 4.69) is 162 Å². The van der Waals surface area contributed by atoms with Crippen LogP contribution in [0.1, 0.15) is 58.1 Å². The molecule has 292 valence electrons. The van der Waals surface area contributed by atoms with Crippen molar-refractivity contribution in [1.82, 2.24) is 10.6 Å². The molecule has 61 heavy (non-hydrogen) atoms. The predicted octanol–water partition coefficient (Wildman–Crippen LogP) is 12.4. The minimum atomic E-state index is -0.348. The fourth-order valence-corrected chi connectivity index (χ4v) is 8.54. The van der Waals surface area contributed by atoms with Crippen LogP contribution >= 0.6 is 0 Å². The predicted molar refractivity (Wildman–Crippen MR) is 249 cm³/mol. The van der Waals surface area contributed by atoms with Gasteiger partial charge in [-0.1, -0.05) is 176 Å². The second-order valence-electron chi connectivity index (χ2n) is 15.6. The van der Waals surface area contributed by atoms with Crippen LogP contribution in [0.4, 0.5) is 0 Å². The van der Waals surface area contributed by atoms with Crippen LogP contribution in [-0.4, -0.2) is 17.4 Å². The molecular weight excluding hydrogens is 747 g/mol. The molecule has 0 saturated carbocycles. The molecule has 3 atom stereocenters. The molecule has 1 aliphatic carbocycles. The fourth-order valence-electron chi connectivity index (χ4n) is 8.54. The minimum Gasteiger partial charge on any atom is -0.456 e. The Morgan fingerprint density at radius 1 is 0.492 bits per heavy atom. The van der Waals surface area contributed by atoms with Gasteiger partial charge in [0, 0.05) is 39.1 Å². The maximum absolute atomic E-state index is 6.29. The maximum atomic E-state index is 6.29. The van der Waals surface area contributed by atoms with E-state index >= 15 is 0 Å². The van der Waals surface area contributed by atoms with Gasteiger partial charge in [0.05, 0.1) is 5.71 Å². The lowest BCUT2D eigenvalue weighted by atomic mass is 9.86. The van der Waals surface area contributed by atoms with Crippen molar-refractivity contribution in [3.05, 3.63) is 251 Å². The lowest BCUT2D eigenvalue weighted by molar-refractivity contribution is 0.624. The molecule has 0 fully saturated rings. The zero-order chi connectivity index (χ0) is 40.5.